The van der Waals surface area contributed by atoms with Gasteiger partial charge in [0.1, 0.15) is 17.2 Å². The molecule has 1 aliphatic heterocycles. The number of rotatable bonds is 4. The molecule has 26 heavy (non-hydrogen) atoms. The van der Waals surface area contributed by atoms with Gasteiger partial charge in [-0.2, -0.15) is 0 Å². The van der Waals surface area contributed by atoms with Crippen LogP contribution in [-0.4, -0.2) is 38.4 Å². The predicted octanol–water partition coefficient (Wildman–Crippen LogP) is 3.61. The summed E-state index contributed by atoms with van der Waals surface area (Å²) < 4.78 is 16.1. The van der Waals surface area contributed by atoms with Crippen molar-refractivity contribution in [2.45, 2.75) is 32.2 Å². The minimum absolute atomic E-state index is 0.118. The Hall–Kier alpha value is -2.76. The van der Waals surface area contributed by atoms with Crippen LogP contribution < -0.4 is 0 Å². The number of likely N-dealkylation sites (tertiary alicyclic amines) is 1. The Labute approximate surface area is 151 Å². The highest BCUT2D eigenvalue weighted by molar-refractivity contribution is 5.94. The van der Waals surface area contributed by atoms with E-state index < -0.39 is 5.82 Å². The quantitative estimate of drug-likeness (QED) is 0.721. The fraction of sp³-hybridized carbons (Fsp3) is 0.350. The Morgan fingerprint density at radius 3 is 2.92 bits per heavy atom. The Kier molecular flexibility index (Phi) is 4.41. The van der Waals surface area contributed by atoms with Crippen LogP contribution >= 0.6 is 0 Å². The number of amides is 1. The summed E-state index contributed by atoms with van der Waals surface area (Å²) in [5, 5.41) is 0. The maximum Gasteiger partial charge on any atom is 0.256 e. The van der Waals surface area contributed by atoms with Crippen molar-refractivity contribution in [1.29, 1.82) is 0 Å². The van der Waals surface area contributed by atoms with E-state index in [4.69, 9.17) is 4.98 Å². The number of carbonyl (C=O) groups is 1. The number of carbonyl (C=O) groups excluding carboxylic acids is 1. The van der Waals surface area contributed by atoms with Crippen LogP contribution in [0.15, 0.2) is 42.6 Å². The van der Waals surface area contributed by atoms with E-state index >= 15 is 0 Å². The zero-order valence-corrected chi connectivity index (χ0v) is 14.7. The number of hydrogen-bond acceptors (Lipinski definition) is 3. The first-order valence-corrected chi connectivity index (χ1v) is 9.04. The fourth-order valence-corrected chi connectivity index (χ4v) is 3.70. The van der Waals surface area contributed by atoms with E-state index in [1.165, 1.54) is 6.07 Å². The van der Waals surface area contributed by atoms with Gasteiger partial charge in [-0.05, 0) is 37.1 Å². The number of nitrogens with zero attached hydrogens (tertiary/aromatic N) is 4. The molecule has 1 aliphatic rings. The van der Waals surface area contributed by atoms with Crippen LogP contribution in [0.25, 0.3) is 11.2 Å². The molecule has 134 valence electrons. The number of pyridine rings is 1. The second-order valence-corrected chi connectivity index (χ2v) is 6.67. The molecule has 0 aliphatic carbocycles. The van der Waals surface area contributed by atoms with Gasteiger partial charge in [0.2, 0.25) is 0 Å². The third-order valence-corrected chi connectivity index (χ3v) is 4.92. The Morgan fingerprint density at radius 2 is 2.12 bits per heavy atom. The molecular formula is C20H21FN4O. The number of hydrogen-bond donors (Lipinski definition) is 0. The monoisotopic (exact) mass is 352 g/mol. The van der Waals surface area contributed by atoms with Gasteiger partial charge in [0, 0.05) is 25.7 Å². The molecule has 0 N–H and O–H groups in total. The van der Waals surface area contributed by atoms with Gasteiger partial charge in [0.15, 0.2) is 5.65 Å². The highest BCUT2D eigenvalue weighted by Gasteiger charge is 2.31. The van der Waals surface area contributed by atoms with Gasteiger partial charge in [-0.25, -0.2) is 14.4 Å². The molecule has 1 atom stereocenters. The molecule has 0 spiro atoms. The lowest BCUT2D eigenvalue weighted by Gasteiger charge is -2.19. The molecule has 1 amide bonds. The largest absolute Gasteiger partial charge is 0.336 e. The first kappa shape index (κ1) is 16.7. The predicted molar refractivity (Wildman–Crippen MR) is 97.5 cm³/mol. The van der Waals surface area contributed by atoms with Crippen LogP contribution in [0.2, 0.25) is 0 Å². The van der Waals surface area contributed by atoms with Crippen LogP contribution in [0.4, 0.5) is 4.39 Å². The van der Waals surface area contributed by atoms with E-state index in [2.05, 4.69) is 16.5 Å². The van der Waals surface area contributed by atoms with E-state index in [0.29, 0.717) is 13.1 Å². The van der Waals surface area contributed by atoms with Crippen LogP contribution in [0.3, 0.4) is 0 Å². The third-order valence-electron chi connectivity index (χ3n) is 4.92. The first-order valence-electron chi connectivity index (χ1n) is 9.04. The number of fused-ring (bicyclic) bond motifs is 1. The van der Waals surface area contributed by atoms with E-state index in [1.807, 2.05) is 12.1 Å². The van der Waals surface area contributed by atoms with Gasteiger partial charge in [0.25, 0.3) is 5.91 Å². The number of benzene rings is 1. The van der Waals surface area contributed by atoms with Crippen molar-refractivity contribution in [1.82, 2.24) is 19.4 Å². The molecule has 0 saturated carbocycles. The number of aromatic nitrogens is 3. The SMILES string of the molecule is CCCc1nc2cccnc2n1[C@H]1CCN(C(=O)c2ccccc2F)C1. The van der Waals surface area contributed by atoms with Crippen molar-refractivity contribution in [3.05, 3.63) is 59.8 Å². The molecule has 3 heterocycles. The van der Waals surface area contributed by atoms with Gasteiger partial charge in [0.05, 0.1) is 11.6 Å². The van der Waals surface area contributed by atoms with Gasteiger partial charge in [-0.1, -0.05) is 19.1 Å². The zero-order valence-electron chi connectivity index (χ0n) is 14.7. The van der Waals surface area contributed by atoms with Crippen molar-refractivity contribution < 1.29 is 9.18 Å². The van der Waals surface area contributed by atoms with Crippen LogP contribution in [-0.2, 0) is 6.42 Å². The topological polar surface area (TPSA) is 51.0 Å². The summed E-state index contributed by atoms with van der Waals surface area (Å²) in [6.45, 7) is 3.28. The average molecular weight is 352 g/mol. The summed E-state index contributed by atoms with van der Waals surface area (Å²) in [6.07, 6.45) is 4.45. The molecule has 6 heteroatoms. The normalized spacial score (nSPS) is 17.2. The molecule has 5 nitrogen and oxygen atoms in total. The minimum Gasteiger partial charge on any atom is -0.336 e. The van der Waals surface area contributed by atoms with Gasteiger partial charge in [-0.3, -0.25) is 4.79 Å². The summed E-state index contributed by atoms with van der Waals surface area (Å²) in [7, 11) is 0. The van der Waals surface area contributed by atoms with Crippen LogP contribution in [0.1, 0.15) is 42.0 Å². The highest BCUT2D eigenvalue weighted by Crippen LogP contribution is 2.29. The van der Waals surface area contributed by atoms with Crippen LogP contribution in [0.5, 0.6) is 0 Å². The molecule has 1 saturated heterocycles. The van der Waals surface area contributed by atoms with Gasteiger partial charge < -0.3 is 9.47 Å². The molecular weight excluding hydrogens is 331 g/mol. The van der Waals surface area contributed by atoms with Crippen molar-refractivity contribution >= 4 is 17.1 Å². The number of aryl methyl sites for hydroxylation is 1. The van der Waals surface area contributed by atoms with Gasteiger partial charge in [-0.15, -0.1) is 0 Å². The summed E-state index contributed by atoms with van der Waals surface area (Å²) in [6, 6.07) is 10.1. The number of halogens is 1. The molecule has 0 unspecified atom stereocenters. The van der Waals surface area contributed by atoms with Crippen molar-refractivity contribution in [2.24, 2.45) is 0 Å². The Bertz CT molecular complexity index is 952. The fourth-order valence-electron chi connectivity index (χ4n) is 3.70. The van der Waals surface area contributed by atoms with Gasteiger partial charge >= 0.3 is 0 Å². The van der Waals surface area contributed by atoms with Crippen molar-refractivity contribution in [3.8, 4) is 0 Å². The summed E-state index contributed by atoms with van der Waals surface area (Å²) in [4.78, 5) is 23.7. The molecule has 0 bridgehead atoms. The second-order valence-electron chi connectivity index (χ2n) is 6.67. The summed E-state index contributed by atoms with van der Waals surface area (Å²) in [5.41, 5.74) is 1.88. The molecule has 1 fully saturated rings. The highest BCUT2D eigenvalue weighted by atomic mass is 19.1. The maximum absolute atomic E-state index is 14.0. The lowest BCUT2D eigenvalue weighted by Crippen LogP contribution is -2.30. The average Bonchev–Trinajstić information content (AvgIpc) is 3.26. The standard InChI is InChI=1S/C20H21FN4O/c1-2-6-18-23-17-9-5-11-22-19(17)25(18)14-10-12-24(13-14)20(26)15-7-3-4-8-16(15)21/h3-5,7-9,11,14H,2,6,10,12-13H2,1H3/t14-/m0/s1. The minimum atomic E-state index is -0.470. The Balaban J connectivity index is 1.63. The Morgan fingerprint density at radius 1 is 1.27 bits per heavy atom. The summed E-state index contributed by atoms with van der Waals surface area (Å²) in [5.74, 6) is 0.286. The molecule has 4 rings (SSSR count). The van der Waals surface area contributed by atoms with E-state index in [-0.39, 0.29) is 17.5 Å². The maximum atomic E-state index is 14.0. The molecule has 0 radical (unpaired) electrons. The first-order chi connectivity index (χ1) is 12.7. The summed E-state index contributed by atoms with van der Waals surface area (Å²) >= 11 is 0. The second kappa shape index (κ2) is 6.86. The lowest BCUT2D eigenvalue weighted by molar-refractivity contribution is 0.0783. The number of imidazole rings is 1. The molecule has 3 aromatic rings. The van der Waals surface area contributed by atoms with Crippen molar-refractivity contribution in [3.63, 3.8) is 0 Å². The molecule has 2 aromatic heterocycles. The lowest BCUT2D eigenvalue weighted by atomic mass is 10.2. The smallest absolute Gasteiger partial charge is 0.256 e. The van der Waals surface area contributed by atoms with E-state index in [0.717, 1.165) is 36.3 Å². The zero-order chi connectivity index (χ0) is 18.1. The van der Waals surface area contributed by atoms with E-state index in [1.54, 1.807) is 29.3 Å². The van der Waals surface area contributed by atoms with E-state index in [9.17, 15) is 9.18 Å². The third kappa shape index (κ3) is 2.85. The molecule has 1 aromatic carbocycles. The van der Waals surface area contributed by atoms with Crippen molar-refractivity contribution in [2.75, 3.05) is 13.1 Å². The van der Waals surface area contributed by atoms with Crippen LogP contribution in [0, 0.1) is 5.82 Å².